The third kappa shape index (κ3) is 0.864. The summed E-state index contributed by atoms with van der Waals surface area (Å²) in [6, 6.07) is 0. The van der Waals surface area contributed by atoms with Gasteiger partial charge in [0.1, 0.15) is 0 Å². The molecule has 52 valence electrons. The molecule has 0 aromatic carbocycles. The van der Waals surface area contributed by atoms with Gasteiger partial charge in [0.25, 0.3) is 0 Å². The quantitative estimate of drug-likeness (QED) is 0.525. The number of rotatable bonds is 0. The first-order valence-electron chi connectivity index (χ1n) is 3.70. The van der Waals surface area contributed by atoms with Crippen LogP contribution in [-0.4, -0.2) is 17.5 Å². The summed E-state index contributed by atoms with van der Waals surface area (Å²) in [4.78, 5) is 0. The number of hydrogen-bond acceptors (Lipinski definition) is 2. The molecule has 3 atom stereocenters. The smallest absolute Gasteiger partial charge is 0.157 e. The number of fused-ring (bicyclic) bond motifs is 2. The molecule has 1 aliphatic carbocycles. The van der Waals surface area contributed by atoms with E-state index in [2.05, 4.69) is 0 Å². The molecule has 0 amide bonds. The van der Waals surface area contributed by atoms with Crippen LogP contribution in [0.2, 0.25) is 0 Å². The lowest BCUT2D eigenvalue weighted by atomic mass is 9.90. The molecule has 1 aliphatic heterocycles. The fourth-order valence-electron chi connectivity index (χ4n) is 1.87. The van der Waals surface area contributed by atoms with E-state index < -0.39 is 6.29 Å². The van der Waals surface area contributed by atoms with Crippen molar-refractivity contribution < 1.29 is 9.84 Å². The summed E-state index contributed by atoms with van der Waals surface area (Å²) < 4.78 is 5.24. The normalized spacial score (nSPS) is 49.7. The van der Waals surface area contributed by atoms with Gasteiger partial charge in [0.2, 0.25) is 0 Å². The zero-order chi connectivity index (χ0) is 6.27. The van der Waals surface area contributed by atoms with E-state index in [0.717, 1.165) is 19.3 Å². The van der Waals surface area contributed by atoms with Crippen LogP contribution in [0.3, 0.4) is 0 Å². The highest BCUT2D eigenvalue weighted by atomic mass is 16.6. The molecule has 1 unspecified atom stereocenters. The first kappa shape index (κ1) is 5.69. The zero-order valence-electron chi connectivity index (χ0n) is 5.42. The predicted octanol–water partition coefficient (Wildman–Crippen LogP) is 0.894. The Labute approximate surface area is 54.8 Å². The van der Waals surface area contributed by atoms with Crippen molar-refractivity contribution in [3.63, 3.8) is 0 Å². The van der Waals surface area contributed by atoms with E-state index in [-0.39, 0.29) is 0 Å². The van der Waals surface area contributed by atoms with Crippen LogP contribution in [0.5, 0.6) is 0 Å². The topological polar surface area (TPSA) is 29.5 Å². The van der Waals surface area contributed by atoms with Crippen LogP contribution >= 0.6 is 0 Å². The molecule has 2 heteroatoms. The Hall–Kier alpha value is -0.0800. The maximum absolute atomic E-state index is 9.18. The van der Waals surface area contributed by atoms with Crippen LogP contribution in [0, 0.1) is 5.92 Å². The lowest BCUT2D eigenvalue weighted by molar-refractivity contribution is -0.101. The van der Waals surface area contributed by atoms with E-state index in [1.165, 1.54) is 6.42 Å². The molecule has 0 spiro atoms. The molecular formula is C7H12O2. The molecule has 2 rings (SSSR count). The van der Waals surface area contributed by atoms with Crippen molar-refractivity contribution in [2.45, 2.75) is 38.1 Å². The minimum absolute atomic E-state index is 0.388. The van der Waals surface area contributed by atoms with E-state index in [1.54, 1.807) is 0 Å². The minimum atomic E-state index is -0.433. The van der Waals surface area contributed by atoms with E-state index in [9.17, 15) is 5.11 Å². The maximum atomic E-state index is 9.18. The van der Waals surface area contributed by atoms with Crippen LogP contribution in [0.4, 0.5) is 0 Å². The Morgan fingerprint density at radius 2 is 2.22 bits per heavy atom. The van der Waals surface area contributed by atoms with Crippen LogP contribution in [0.15, 0.2) is 0 Å². The molecule has 2 aliphatic rings. The monoisotopic (exact) mass is 128 g/mol. The third-order valence-electron chi connectivity index (χ3n) is 2.40. The van der Waals surface area contributed by atoms with Gasteiger partial charge in [-0.05, 0) is 19.3 Å². The van der Waals surface area contributed by atoms with Crippen LogP contribution < -0.4 is 0 Å². The molecule has 1 saturated carbocycles. The molecule has 0 radical (unpaired) electrons. The number of aliphatic hydroxyl groups excluding tert-OH is 1. The van der Waals surface area contributed by atoms with E-state index in [4.69, 9.17) is 4.74 Å². The summed E-state index contributed by atoms with van der Waals surface area (Å²) in [6.07, 6.45) is 4.62. The Morgan fingerprint density at radius 1 is 1.33 bits per heavy atom. The largest absolute Gasteiger partial charge is 0.368 e. The van der Waals surface area contributed by atoms with E-state index in [1.807, 2.05) is 0 Å². The lowest BCUT2D eigenvalue weighted by Crippen LogP contribution is -2.13. The Bertz CT molecular complexity index is 111. The average Bonchev–Trinajstić information content (AvgIpc) is 2.09. The van der Waals surface area contributed by atoms with Gasteiger partial charge in [0, 0.05) is 5.92 Å². The molecular weight excluding hydrogens is 116 g/mol. The number of hydrogen-bond donors (Lipinski definition) is 1. The van der Waals surface area contributed by atoms with Gasteiger partial charge in [-0.1, -0.05) is 6.42 Å². The average molecular weight is 128 g/mol. The molecule has 2 nitrogen and oxygen atoms in total. The summed E-state index contributed by atoms with van der Waals surface area (Å²) in [7, 11) is 0. The summed E-state index contributed by atoms with van der Waals surface area (Å²) in [6.45, 7) is 0. The second kappa shape index (κ2) is 1.96. The van der Waals surface area contributed by atoms with Crippen molar-refractivity contribution in [3.05, 3.63) is 0 Å². The second-order valence-electron chi connectivity index (χ2n) is 3.08. The van der Waals surface area contributed by atoms with Gasteiger partial charge < -0.3 is 9.84 Å². The fraction of sp³-hybridized carbons (Fsp3) is 1.00. The van der Waals surface area contributed by atoms with Gasteiger partial charge in [-0.15, -0.1) is 0 Å². The fourth-order valence-corrected chi connectivity index (χ4v) is 1.87. The van der Waals surface area contributed by atoms with Gasteiger partial charge in [-0.25, -0.2) is 0 Å². The van der Waals surface area contributed by atoms with Crippen LogP contribution in [0.25, 0.3) is 0 Å². The van der Waals surface area contributed by atoms with Crippen LogP contribution in [-0.2, 0) is 4.74 Å². The summed E-state index contributed by atoms with van der Waals surface area (Å²) in [5, 5.41) is 9.18. The second-order valence-corrected chi connectivity index (χ2v) is 3.08. The SMILES string of the molecule is OC1O[C@H]2CCC[C@@H]1C2. The van der Waals surface area contributed by atoms with Crippen molar-refractivity contribution in [2.75, 3.05) is 0 Å². The molecule has 0 aromatic heterocycles. The van der Waals surface area contributed by atoms with Gasteiger partial charge >= 0.3 is 0 Å². The molecule has 1 heterocycles. The van der Waals surface area contributed by atoms with Crippen molar-refractivity contribution in [1.82, 2.24) is 0 Å². The molecule has 0 aromatic rings. The van der Waals surface area contributed by atoms with Crippen molar-refractivity contribution in [1.29, 1.82) is 0 Å². The van der Waals surface area contributed by atoms with Gasteiger partial charge in [0.15, 0.2) is 6.29 Å². The van der Waals surface area contributed by atoms with Crippen molar-refractivity contribution in [3.8, 4) is 0 Å². The van der Waals surface area contributed by atoms with Crippen molar-refractivity contribution >= 4 is 0 Å². The van der Waals surface area contributed by atoms with Crippen LogP contribution in [0.1, 0.15) is 25.7 Å². The van der Waals surface area contributed by atoms with E-state index in [0.29, 0.717) is 12.0 Å². The van der Waals surface area contributed by atoms with E-state index >= 15 is 0 Å². The Morgan fingerprint density at radius 3 is 2.89 bits per heavy atom. The molecule has 9 heavy (non-hydrogen) atoms. The number of aliphatic hydroxyl groups is 1. The highest BCUT2D eigenvalue weighted by Crippen LogP contribution is 2.36. The Balaban J connectivity index is 2.07. The van der Waals surface area contributed by atoms with Gasteiger partial charge in [-0.2, -0.15) is 0 Å². The third-order valence-corrected chi connectivity index (χ3v) is 2.40. The summed E-state index contributed by atoms with van der Waals surface area (Å²) >= 11 is 0. The molecule has 1 N–H and O–H groups in total. The molecule has 2 fully saturated rings. The standard InChI is InChI=1S/C7H12O2/c8-7-5-2-1-3-6(4-5)9-7/h5-8H,1-4H2/t5-,6+,7?/m1/s1. The summed E-state index contributed by atoms with van der Waals surface area (Å²) in [5.41, 5.74) is 0. The molecule has 2 bridgehead atoms. The lowest BCUT2D eigenvalue weighted by Gasteiger charge is -2.14. The highest BCUT2D eigenvalue weighted by molar-refractivity contribution is 4.81. The maximum Gasteiger partial charge on any atom is 0.157 e. The zero-order valence-corrected chi connectivity index (χ0v) is 5.42. The predicted molar refractivity (Wildman–Crippen MR) is 32.8 cm³/mol. The first-order valence-corrected chi connectivity index (χ1v) is 3.70. The first-order chi connectivity index (χ1) is 4.36. The number of ether oxygens (including phenoxy) is 1. The minimum Gasteiger partial charge on any atom is -0.368 e. The highest BCUT2D eigenvalue weighted by Gasteiger charge is 2.36. The summed E-state index contributed by atoms with van der Waals surface area (Å²) in [5.74, 6) is 0.462. The molecule has 1 saturated heterocycles. The van der Waals surface area contributed by atoms with Gasteiger partial charge in [0.05, 0.1) is 6.10 Å². The van der Waals surface area contributed by atoms with Crippen molar-refractivity contribution in [2.24, 2.45) is 5.92 Å². The Kier molecular flexibility index (Phi) is 1.24. The van der Waals surface area contributed by atoms with Gasteiger partial charge in [-0.3, -0.25) is 0 Å².